The minimum absolute atomic E-state index is 0.0946. The fraction of sp³-hybridized carbons (Fsp3) is 0. The van der Waals surface area contributed by atoms with Gasteiger partial charge in [-0.1, -0.05) is 11.6 Å². The molecule has 0 spiro atoms. The first-order valence-corrected chi connectivity index (χ1v) is 6.93. The van der Waals surface area contributed by atoms with Gasteiger partial charge >= 0.3 is 0 Å². The van der Waals surface area contributed by atoms with Crippen LogP contribution in [0.25, 0.3) is 11.0 Å². The van der Waals surface area contributed by atoms with Gasteiger partial charge in [-0.05, 0) is 46.3 Å². The van der Waals surface area contributed by atoms with Crippen molar-refractivity contribution in [3.05, 3.63) is 58.0 Å². The number of aromatic nitrogens is 2. The molecule has 0 bridgehead atoms. The van der Waals surface area contributed by atoms with Crippen molar-refractivity contribution in [1.82, 2.24) is 9.97 Å². The van der Waals surface area contributed by atoms with Gasteiger partial charge in [0.25, 0.3) is 0 Å². The number of pyridine rings is 2. The fourth-order valence-corrected chi connectivity index (χ4v) is 2.27. The van der Waals surface area contributed by atoms with Gasteiger partial charge in [-0.2, -0.15) is 0 Å². The zero-order valence-corrected chi connectivity index (χ0v) is 12.4. The minimum atomic E-state index is -0.467. The minimum Gasteiger partial charge on any atom is -0.354 e. The van der Waals surface area contributed by atoms with Crippen LogP contribution in [0.3, 0.4) is 0 Å². The van der Waals surface area contributed by atoms with Crippen molar-refractivity contribution in [2.75, 3.05) is 5.32 Å². The normalized spacial score (nSPS) is 10.8. The molecule has 0 unspecified atom stereocenters. The van der Waals surface area contributed by atoms with E-state index in [0.29, 0.717) is 11.2 Å². The maximum atomic E-state index is 13.4. The lowest BCUT2D eigenvalue weighted by atomic mass is 10.2. The van der Waals surface area contributed by atoms with Gasteiger partial charge in [0.2, 0.25) is 0 Å². The lowest BCUT2D eigenvalue weighted by molar-refractivity contribution is 0.629. The predicted octanol–water partition coefficient (Wildman–Crippen LogP) is 4.93. The molecule has 0 aliphatic carbocycles. The third-order valence-electron chi connectivity index (χ3n) is 2.74. The average Bonchev–Trinajstić information content (AvgIpc) is 2.43. The molecule has 3 aromatic rings. The molecule has 2 aromatic heterocycles. The van der Waals surface area contributed by atoms with Crippen LogP contribution in [-0.2, 0) is 0 Å². The molecule has 0 atom stereocenters. The highest BCUT2D eigenvalue weighted by Crippen LogP contribution is 2.26. The molecule has 20 heavy (non-hydrogen) atoms. The van der Waals surface area contributed by atoms with Crippen LogP contribution >= 0.6 is 27.5 Å². The van der Waals surface area contributed by atoms with Crippen molar-refractivity contribution < 1.29 is 4.39 Å². The summed E-state index contributed by atoms with van der Waals surface area (Å²) < 4.78 is 14.3. The zero-order chi connectivity index (χ0) is 14.1. The van der Waals surface area contributed by atoms with Crippen molar-refractivity contribution in [3.63, 3.8) is 0 Å². The second kappa shape index (κ2) is 5.34. The Balaban J connectivity index is 2.04. The van der Waals surface area contributed by atoms with Crippen molar-refractivity contribution in [2.24, 2.45) is 0 Å². The quantitative estimate of drug-likeness (QED) is 0.711. The molecule has 0 aliphatic heterocycles. The van der Waals surface area contributed by atoms with Crippen LogP contribution in [0, 0.1) is 5.82 Å². The summed E-state index contributed by atoms with van der Waals surface area (Å²) in [5, 5.41) is 3.21. The molecule has 1 aromatic carbocycles. The number of fused-ring (bicyclic) bond motifs is 1. The van der Waals surface area contributed by atoms with Gasteiger partial charge in [0.1, 0.15) is 11.3 Å². The highest BCUT2D eigenvalue weighted by Gasteiger charge is 2.06. The third kappa shape index (κ3) is 2.59. The topological polar surface area (TPSA) is 37.8 Å². The van der Waals surface area contributed by atoms with E-state index in [9.17, 15) is 4.39 Å². The first-order chi connectivity index (χ1) is 9.63. The Bertz CT molecular complexity index is 794. The van der Waals surface area contributed by atoms with Crippen LogP contribution < -0.4 is 5.32 Å². The first-order valence-electron chi connectivity index (χ1n) is 5.76. The van der Waals surface area contributed by atoms with Gasteiger partial charge in [-0.3, -0.25) is 9.97 Å². The van der Waals surface area contributed by atoms with Gasteiger partial charge in [-0.15, -0.1) is 0 Å². The standard InChI is InChI=1S/C14H8BrClFN3/c15-8-5-13-14(19-7-8)12(3-4-18-13)20-9-1-2-10(16)11(17)6-9/h1-7H,(H,18,20). The molecule has 0 saturated heterocycles. The molecule has 100 valence electrons. The third-order valence-corrected chi connectivity index (χ3v) is 3.48. The van der Waals surface area contributed by atoms with E-state index in [2.05, 4.69) is 31.2 Å². The highest BCUT2D eigenvalue weighted by atomic mass is 79.9. The molecule has 0 amide bonds. The van der Waals surface area contributed by atoms with Gasteiger partial charge in [0, 0.05) is 22.6 Å². The number of hydrogen-bond donors (Lipinski definition) is 1. The number of rotatable bonds is 2. The van der Waals surface area contributed by atoms with Gasteiger partial charge in [-0.25, -0.2) is 4.39 Å². The summed E-state index contributed by atoms with van der Waals surface area (Å²) in [7, 11) is 0. The molecule has 0 fully saturated rings. The fourth-order valence-electron chi connectivity index (χ4n) is 1.84. The summed E-state index contributed by atoms with van der Waals surface area (Å²) in [6, 6.07) is 8.21. The molecule has 6 heteroatoms. The van der Waals surface area contributed by atoms with E-state index in [1.807, 2.05) is 6.07 Å². The molecular weight excluding hydrogens is 345 g/mol. The molecule has 3 rings (SSSR count). The number of nitrogens with zero attached hydrogens (tertiary/aromatic N) is 2. The average molecular weight is 353 g/mol. The van der Waals surface area contributed by atoms with Crippen molar-refractivity contribution in [2.45, 2.75) is 0 Å². The molecule has 0 saturated carbocycles. The van der Waals surface area contributed by atoms with Crippen LogP contribution in [0.15, 0.2) is 47.2 Å². The van der Waals surface area contributed by atoms with E-state index < -0.39 is 5.82 Å². The van der Waals surface area contributed by atoms with Crippen LogP contribution in [0.1, 0.15) is 0 Å². The van der Waals surface area contributed by atoms with Crippen LogP contribution in [0.2, 0.25) is 5.02 Å². The number of anilines is 2. The summed E-state index contributed by atoms with van der Waals surface area (Å²) in [6.45, 7) is 0. The highest BCUT2D eigenvalue weighted by molar-refractivity contribution is 9.10. The largest absolute Gasteiger partial charge is 0.354 e. The molecule has 2 heterocycles. The molecular formula is C14H8BrClFN3. The first kappa shape index (κ1) is 13.3. The monoisotopic (exact) mass is 351 g/mol. The SMILES string of the molecule is Fc1cc(Nc2ccnc3cc(Br)cnc23)ccc1Cl. The van der Waals surface area contributed by atoms with Crippen LogP contribution in [0.5, 0.6) is 0 Å². The van der Waals surface area contributed by atoms with E-state index in [0.717, 1.165) is 15.7 Å². The van der Waals surface area contributed by atoms with E-state index in [1.165, 1.54) is 12.1 Å². The maximum absolute atomic E-state index is 13.4. The Morgan fingerprint density at radius 1 is 1.15 bits per heavy atom. The van der Waals surface area contributed by atoms with E-state index in [4.69, 9.17) is 11.6 Å². The van der Waals surface area contributed by atoms with Gasteiger partial charge < -0.3 is 5.32 Å². The Kier molecular flexibility index (Phi) is 3.54. The van der Waals surface area contributed by atoms with Crippen LogP contribution in [-0.4, -0.2) is 9.97 Å². The predicted molar refractivity (Wildman–Crippen MR) is 81.9 cm³/mol. The smallest absolute Gasteiger partial charge is 0.143 e. The number of hydrogen-bond acceptors (Lipinski definition) is 3. The number of benzene rings is 1. The lowest BCUT2D eigenvalue weighted by Gasteiger charge is -2.09. The molecule has 0 radical (unpaired) electrons. The maximum Gasteiger partial charge on any atom is 0.143 e. The Morgan fingerprint density at radius 2 is 2.00 bits per heavy atom. The van der Waals surface area contributed by atoms with Crippen LogP contribution in [0.4, 0.5) is 15.8 Å². The summed E-state index contributed by atoms with van der Waals surface area (Å²) >= 11 is 9.02. The summed E-state index contributed by atoms with van der Waals surface area (Å²) in [5.74, 6) is -0.467. The van der Waals surface area contributed by atoms with Crippen molar-refractivity contribution >= 4 is 49.9 Å². The van der Waals surface area contributed by atoms with Crippen molar-refractivity contribution in [1.29, 1.82) is 0 Å². The van der Waals surface area contributed by atoms with Gasteiger partial charge in [0.15, 0.2) is 0 Å². The van der Waals surface area contributed by atoms with E-state index in [-0.39, 0.29) is 5.02 Å². The van der Waals surface area contributed by atoms with E-state index in [1.54, 1.807) is 24.5 Å². The Hall–Kier alpha value is -1.72. The second-order valence-electron chi connectivity index (χ2n) is 4.13. The Labute approximate surface area is 127 Å². The second-order valence-corrected chi connectivity index (χ2v) is 5.46. The number of halogens is 3. The Morgan fingerprint density at radius 3 is 2.80 bits per heavy atom. The van der Waals surface area contributed by atoms with Crippen molar-refractivity contribution in [3.8, 4) is 0 Å². The summed E-state index contributed by atoms with van der Waals surface area (Å²) in [4.78, 5) is 8.57. The van der Waals surface area contributed by atoms with Gasteiger partial charge in [0.05, 0.1) is 16.2 Å². The molecule has 0 aliphatic rings. The lowest BCUT2D eigenvalue weighted by Crippen LogP contribution is -1.95. The zero-order valence-electron chi connectivity index (χ0n) is 10.1. The molecule has 3 nitrogen and oxygen atoms in total. The summed E-state index contributed by atoms with van der Waals surface area (Å²) in [6.07, 6.45) is 3.36. The molecule has 1 N–H and O–H groups in total. The summed E-state index contributed by atoms with van der Waals surface area (Å²) in [5.41, 5.74) is 2.82. The van der Waals surface area contributed by atoms with E-state index >= 15 is 0 Å². The number of nitrogens with one attached hydrogen (secondary N) is 1.